The molecule has 194 valence electrons. The summed E-state index contributed by atoms with van der Waals surface area (Å²) >= 11 is 0. The summed E-state index contributed by atoms with van der Waals surface area (Å²) in [5.41, 5.74) is 0.553. The molecule has 0 unspecified atom stereocenters. The van der Waals surface area contributed by atoms with Crippen molar-refractivity contribution in [3.8, 4) is 0 Å². The molecule has 0 aliphatic rings. The molecular weight excluding hydrogens is 422 g/mol. The number of unbranched alkanes of at least 4 members (excludes halogenated alkanes) is 12. The van der Waals surface area contributed by atoms with E-state index < -0.39 is 0 Å². The van der Waals surface area contributed by atoms with Gasteiger partial charge in [-0.1, -0.05) is 122 Å². The van der Waals surface area contributed by atoms with Gasteiger partial charge in [-0.2, -0.15) is 0 Å². The summed E-state index contributed by atoms with van der Waals surface area (Å²) in [7, 11) is 0. The topological polar surface area (TPSA) is 55.4 Å². The smallest absolute Gasteiger partial charge is 0.338 e. The van der Waals surface area contributed by atoms with Crippen molar-refractivity contribution in [1.29, 1.82) is 0 Å². The van der Waals surface area contributed by atoms with E-state index in [1.807, 2.05) is 25.1 Å². The molecule has 0 aliphatic heterocycles. The van der Waals surface area contributed by atoms with E-state index in [-0.39, 0.29) is 24.0 Å². The van der Waals surface area contributed by atoms with Crippen molar-refractivity contribution in [3.05, 3.63) is 35.9 Å². The lowest BCUT2D eigenvalue weighted by Gasteiger charge is -2.27. The monoisotopic (exact) mass is 473 g/mol. The number of esters is 1. The predicted molar refractivity (Wildman–Crippen MR) is 143 cm³/mol. The fourth-order valence-corrected chi connectivity index (χ4v) is 4.45. The number of nitrogens with one attached hydrogen (secondary N) is 1. The van der Waals surface area contributed by atoms with Crippen LogP contribution in [0.2, 0.25) is 0 Å². The molecule has 0 aromatic heterocycles. The van der Waals surface area contributed by atoms with Gasteiger partial charge in [0.15, 0.2) is 0 Å². The first-order valence-corrected chi connectivity index (χ1v) is 14.2. The molecule has 0 bridgehead atoms. The SMILES string of the molecule is CCCCCCCCCCCCCCCC(=O)N[C@@H](CC)[C@@H](CCC)OC(=O)c1ccccc1. The van der Waals surface area contributed by atoms with Gasteiger partial charge in [-0.25, -0.2) is 4.79 Å². The van der Waals surface area contributed by atoms with Crippen LogP contribution in [0.15, 0.2) is 30.3 Å². The Hall–Kier alpha value is -1.84. The number of carbonyl (C=O) groups excluding carboxylic acids is 2. The number of hydrogen-bond donors (Lipinski definition) is 1. The third kappa shape index (κ3) is 14.4. The molecule has 1 N–H and O–H groups in total. The lowest BCUT2D eigenvalue weighted by Crippen LogP contribution is -2.45. The van der Waals surface area contributed by atoms with Crippen LogP contribution in [0.4, 0.5) is 0 Å². The lowest BCUT2D eigenvalue weighted by atomic mass is 10.0. The van der Waals surface area contributed by atoms with Crippen LogP contribution in [0.1, 0.15) is 140 Å². The standard InChI is InChI=1S/C30H51NO3/c1-4-7-8-9-10-11-12-13-14-15-16-17-21-25-29(32)31-27(6-3)28(22-5-2)34-30(33)26-23-19-18-20-24-26/h18-20,23-24,27-28H,4-17,21-22,25H2,1-3H3,(H,31,32)/t27-,28+/m0/s1. The van der Waals surface area contributed by atoms with Crippen LogP contribution in [-0.4, -0.2) is 24.0 Å². The molecule has 2 atom stereocenters. The number of carbonyl (C=O) groups is 2. The zero-order valence-corrected chi connectivity index (χ0v) is 22.3. The van der Waals surface area contributed by atoms with Crippen molar-refractivity contribution < 1.29 is 14.3 Å². The van der Waals surface area contributed by atoms with Gasteiger partial charge >= 0.3 is 5.97 Å². The highest BCUT2D eigenvalue weighted by atomic mass is 16.5. The minimum Gasteiger partial charge on any atom is -0.457 e. The second-order valence-electron chi connectivity index (χ2n) is 9.67. The molecule has 0 radical (unpaired) electrons. The van der Waals surface area contributed by atoms with Gasteiger partial charge < -0.3 is 10.1 Å². The molecule has 0 saturated carbocycles. The first-order valence-electron chi connectivity index (χ1n) is 14.2. The molecule has 4 heteroatoms. The maximum atomic E-state index is 12.5. The van der Waals surface area contributed by atoms with E-state index in [0.29, 0.717) is 12.0 Å². The third-order valence-electron chi connectivity index (χ3n) is 6.58. The molecule has 0 spiro atoms. The molecule has 1 aromatic carbocycles. The van der Waals surface area contributed by atoms with Crippen LogP contribution in [0.25, 0.3) is 0 Å². The maximum absolute atomic E-state index is 12.5. The van der Waals surface area contributed by atoms with Crippen molar-refractivity contribution in [2.75, 3.05) is 0 Å². The average Bonchev–Trinajstić information content (AvgIpc) is 2.85. The Kier molecular flexibility index (Phi) is 18.2. The van der Waals surface area contributed by atoms with Crippen LogP contribution in [0, 0.1) is 0 Å². The van der Waals surface area contributed by atoms with Gasteiger partial charge in [-0.3, -0.25) is 4.79 Å². The Morgan fingerprint density at radius 2 is 1.26 bits per heavy atom. The number of rotatable bonds is 21. The van der Waals surface area contributed by atoms with E-state index in [1.165, 1.54) is 70.6 Å². The van der Waals surface area contributed by atoms with Crippen molar-refractivity contribution in [2.24, 2.45) is 0 Å². The van der Waals surface area contributed by atoms with Gasteiger partial charge in [-0.05, 0) is 31.4 Å². The van der Waals surface area contributed by atoms with Crippen LogP contribution in [0.5, 0.6) is 0 Å². The number of benzene rings is 1. The zero-order valence-electron chi connectivity index (χ0n) is 22.3. The minimum atomic E-state index is -0.316. The second kappa shape index (κ2) is 20.5. The van der Waals surface area contributed by atoms with Gasteiger partial charge in [0.1, 0.15) is 6.10 Å². The van der Waals surface area contributed by atoms with E-state index in [1.54, 1.807) is 12.1 Å². The number of hydrogen-bond acceptors (Lipinski definition) is 3. The predicted octanol–water partition coefficient (Wildman–Crippen LogP) is 8.39. The molecule has 1 amide bonds. The molecular formula is C30H51NO3. The third-order valence-corrected chi connectivity index (χ3v) is 6.58. The van der Waals surface area contributed by atoms with Crippen molar-refractivity contribution >= 4 is 11.9 Å². The summed E-state index contributed by atoms with van der Waals surface area (Å²) < 4.78 is 5.80. The number of ether oxygens (including phenoxy) is 1. The lowest BCUT2D eigenvalue weighted by molar-refractivity contribution is -0.123. The molecule has 0 aliphatic carbocycles. The fraction of sp³-hybridized carbons (Fsp3) is 0.733. The number of amides is 1. The molecule has 0 fully saturated rings. The first kappa shape index (κ1) is 30.2. The highest BCUT2D eigenvalue weighted by molar-refractivity contribution is 5.89. The molecule has 0 saturated heterocycles. The summed E-state index contributed by atoms with van der Waals surface area (Å²) in [6.45, 7) is 6.38. The average molecular weight is 474 g/mol. The van der Waals surface area contributed by atoms with Crippen molar-refractivity contribution in [2.45, 2.75) is 142 Å². The van der Waals surface area contributed by atoms with Crippen LogP contribution >= 0.6 is 0 Å². The van der Waals surface area contributed by atoms with Gasteiger partial charge in [0.05, 0.1) is 11.6 Å². The Labute approximate surface area is 209 Å². The van der Waals surface area contributed by atoms with Crippen LogP contribution in [0.3, 0.4) is 0 Å². The maximum Gasteiger partial charge on any atom is 0.338 e. The summed E-state index contributed by atoms with van der Waals surface area (Å²) in [5, 5.41) is 3.14. The van der Waals surface area contributed by atoms with Crippen LogP contribution in [-0.2, 0) is 9.53 Å². The summed E-state index contributed by atoms with van der Waals surface area (Å²) in [6, 6.07) is 8.94. The van der Waals surface area contributed by atoms with E-state index in [9.17, 15) is 9.59 Å². The van der Waals surface area contributed by atoms with E-state index >= 15 is 0 Å². The molecule has 1 aromatic rings. The van der Waals surface area contributed by atoms with Gasteiger partial charge in [0.2, 0.25) is 5.91 Å². The Bertz CT molecular complexity index is 631. The highest BCUT2D eigenvalue weighted by Gasteiger charge is 2.25. The van der Waals surface area contributed by atoms with Crippen LogP contribution < -0.4 is 5.32 Å². The molecule has 1 rings (SSSR count). The fourth-order valence-electron chi connectivity index (χ4n) is 4.45. The minimum absolute atomic E-state index is 0.0757. The van der Waals surface area contributed by atoms with Gasteiger partial charge in [0, 0.05) is 6.42 Å². The van der Waals surface area contributed by atoms with E-state index in [4.69, 9.17) is 4.74 Å². The molecule has 4 nitrogen and oxygen atoms in total. The van der Waals surface area contributed by atoms with Crippen molar-refractivity contribution in [3.63, 3.8) is 0 Å². The zero-order chi connectivity index (χ0) is 24.9. The van der Waals surface area contributed by atoms with E-state index in [0.717, 1.165) is 32.1 Å². The Balaban J connectivity index is 2.19. The Morgan fingerprint density at radius 3 is 1.76 bits per heavy atom. The first-order chi connectivity index (χ1) is 16.6. The Morgan fingerprint density at radius 1 is 0.735 bits per heavy atom. The summed E-state index contributed by atoms with van der Waals surface area (Å²) in [4.78, 5) is 25.0. The molecule has 34 heavy (non-hydrogen) atoms. The second-order valence-corrected chi connectivity index (χ2v) is 9.67. The van der Waals surface area contributed by atoms with Crippen molar-refractivity contribution in [1.82, 2.24) is 5.32 Å². The van der Waals surface area contributed by atoms with E-state index in [2.05, 4.69) is 19.2 Å². The summed E-state index contributed by atoms with van der Waals surface area (Å²) in [5.74, 6) is -0.241. The normalized spacial score (nSPS) is 12.8. The molecule has 0 heterocycles. The van der Waals surface area contributed by atoms with Gasteiger partial charge in [0.25, 0.3) is 0 Å². The van der Waals surface area contributed by atoms with Gasteiger partial charge in [-0.15, -0.1) is 0 Å². The summed E-state index contributed by atoms with van der Waals surface area (Å²) in [6.07, 6.45) is 19.6. The quantitative estimate of drug-likeness (QED) is 0.144. The highest BCUT2D eigenvalue weighted by Crippen LogP contribution is 2.16. The largest absolute Gasteiger partial charge is 0.457 e.